The van der Waals surface area contributed by atoms with Crippen LogP contribution in [-0.2, 0) is 0 Å². The average molecular weight is 137 g/mol. The lowest BCUT2D eigenvalue weighted by Crippen LogP contribution is -1.69. The van der Waals surface area contributed by atoms with Crippen molar-refractivity contribution in [3.05, 3.63) is 12.1 Å². The van der Waals surface area contributed by atoms with Gasteiger partial charge >= 0.3 is 0 Å². The van der Waals surface area contributed by atoms with Gasteiger partial charge in [-0.15, -0.1) is 0 Å². The van der Waals surface area contributed by atoms with Gasteiger partial charge in [0, 0.05) is 7.11 Å². The van der Waals surface area contributed by atoms with Crippen molar-refractivity contribution >= 4 is 11.6 Å². The summed E-state index contributed by atoms with van der Waals surface area (Å²) < 4.78 is 0. The molecule has 0 aliphatic rings. The van der Waals surface area contributed by atoms with Crippen LogP contribution in [0.2, 0.25) is 0 Å². The Bertz CT molecular complexity index is 59.5. The smallest absolute Gasteiger partial charge is 0.173 e. The molecular formula is C4H9ClN2O. The molecule has 0 atom stereocenters. The van der Waals surface area contributed by atoms with E-state index in [1.807, 2.05) is 0 Å². The minimum Gasteiger partial charge on any atom is -0.400 e. The van der Waals surface area contributed by atoms with E-state index in [9.17, 15) is 0 Å². The van der Waals surface area contributed by atoms with Gasteiger partial charge in [-0.3, -0.25) is 0 Å². The SMILES string of the molecule is C=CCl.CO.N#CN. The van der Waals surface area contributed by atoms with E-state index in [0.717, 1.165) is 7.11 Å². The minimum absolute atomic E-state index is 1.00. The molecule has 0 heterocycles. The molecule has 0 aliphatic heterocycles. The number of hydrogen-bond acceptors (Lipinski definition) is 3. The topological polar surface area (TPSA) is 70.0 Å². The summed E-state index contributed by atoms with van der Waals surface area (Å²) in [5, 5.41) is 14.1. The molecule has 0 aromatic carbocycles. The fourth-order valence-electron chi connectivity index (χ4n) is 0. The molecule has 4 heteroatoms. The van der Waals surface area contributed by atoms with E-state index in [1.54, 1.807) is 0 Å². The minimum atomic E-state index is 1.00. The molecule has 3 nitrogen and oxygen atoms in total. The molecule has 0 aliphatic carbocycles. The van der Waals surface area contributed by atoms with E-state index in [4.69, 9.17) is 22.0 Å². The van der Waals surface area contributed by atoms with Gasteiger partial charge in [-0.25, -0.2) is 0 Å². The maximum absolute atomic E-state index is 7.10. The zero-order valence-corrected chi connectivity index (χ0v) is 5.39. The van der Waals surface area contributed by atoms with Gasteiger partial charge in [-0.1, -0.05) is 18.2 Å². The first-order chi connectivity index (χ1) is 3.83. The van der Waals surface area contributed by atoms with Crippen LogP contribution in [0, 0.1) is 11.5 Å². The van der Waals surface area contributed by atoms with Gasteiger partial charge in [-0.2, -0.15) is 5.26 Å². The Balaban J connectivity index is -0.0000000483. The monoisotopic (exact) mass is 136 g/mol. The van der Waals surface area contributed by atoms with Crippen LogP contribution in [0.5, 0.6) is 0 Å². The third-order valence-electron chi connectivity index (χ3n) is 0. The number of aliphatic hydroxyl groups excluding tert-OH is 1. The van der Waals surface area contributed by atoms with Crippen molar-refractivity contribution in [1.82, 2.24) is 0 Å². The van der Waals surface area contributed by atoms with Crippen molar-refractivity contribution in [1.29, 1.82) is 5.26 Å². The molecule has 0 unspecified atom stereocenters. The second kappa shape index (κ2) is 107. The number of aliphatic hydroxyl groups is 1. The first-order valence-electron chi connectivity index (χ1n) is 1.59. The summed E-state index contributed by atoms with van der Waals surface area (Å²) in [5.41, 5.74) is 5.38. The van der Waals surface area contributed by atoms with Crippen LogP contribution in [-0.4, -0.2) is 12.2 Å². The Kier molecular flexibility index (Phi) is 209. The molecule has 0 rings (SSSR count). The highest BCUT2D eigenvalue weighted by Gasteiger charge is 1.18. The molecule has 0 aromatic heterocycles. The zero-order chi connectivity index (χ0) is 7.41. The summed E-state index contributed by atoms with van der Waals surface area (Å²) in [4.78, 5) is 0. The van der Waals surface area contributed by atoms with Crippen LogP contribution in [0.25, 0.3) is 0 Å². The highest BCUT2D eigenvalue weighted by atomic mass is 35.5. The Morgan fingerprint density at radius 2 is 1.88 bits per heavy atom. The third-order valence-corrected chi connectivity index (χ3v) is 0. The van der Waals surface area contributed by atoms with Gasteiger partial charge in [0.1, 0.15) is 0 Å². The molecular weight excluding hydrogens is 128 g/mol. The lowest BCUT2D eigenvalue weighted by molar-refractivity contribution is 0.399. The zero-order valence-electron chi connectivity index (χ0n) is 4.63. The van der Waals surface area contributed by atoms with E-state index in [2.05, 4.69) is 12.3 Å². The molecule has 8 heavy (non-hydrogen) atoms. The highest BCUT2D eigenvalue weighted by molar-refractivity contribution is 6.25. The molecule has 0 aromatic rings. The third kappa shape index (κ3) is 187. The number of halogens is 1. The van der Waals surface area contributed by atoms with Crippen molar-refractivity contribution in [3.63, 3.8) is 0 Å². The van der Waals surface area contributed by atoms with Crippen LogP contribution in [0.1, 0.15) is 0 Å². The first kappa shape index (κ1) is 15.7. The van der Waals surface area contributed by atoms with Gasteiger partial charge in [-0.05, 0) is 5.54 Å². The van der Waals surface area contributed by atoms with Crippen LogP contribution in [0.3, 0.4) is 0 Å². The lowest BCUT2D eigenvalue weighted by Gasteiger charge is -1.27. The van der Waals surface area contributed by atoms with Crippen molar-refractivity contribution in [2.45, 2.75) is 0 Å². The second-order valence-corrected chi connectivity index (χ2v) is 0.592. The standard InChI is InChI=1S/C2H3Cl.CH2N2.CH4O/c1-2-3;2-1-3;1-2/h2H,1H2;2H2;2H,1H3. The van der Waals surface area contributed by atoms with E-state index in [-0.39, 0.29) is 0 Å². The molecule has 48 valence electrons. The fraction of sp³-hybridized carbons (Fsp3) is 0.250. The van der Waals surface area contributed by atoms with Crippen LogP contribution in [0.15, 0.2) is 12.1 Å². The maximum atomic E-state index is 7.10. The number of nitrogens with two attached hydrogens (primary N) is 1. The normalized spacial score (nSPS) is 3.25. The largest absolute Gasteiger partial charge is 0.400 e. The maximum Gasteiger partial charge on any atom is 0.173 e. The average Bonchev–Trinajstić information content (AvgIpc) is 1.75. The Labute approximate surface area is 54.0 Å². The quantitative estimate of drug-likeness (QED) is 0.374. The van der Waals surface area contributed by atoms with E-state index in [0.29, 0.717) is 0 Å². The predicted octanol–water partition coefficient (Wildman–Crippen LogP) is 0.403. The van der Waals surface area contributed by atoms with Gasteiger partial charge in [0.15, 0.2) is 6.19 Å². The summed E-state index contributed by atoms with van der Waals surface area (Å²) in [7, 11) is 1.00. The van der Waals surface area contributed by atoms with E-state index in [1.165, 1.54) is 11.7 Å². The van der Waals surface area contributed by atoms with Gasteiger partial charge in [0.05, 0.1) is 0 Å². The number of rotatable bonds is 0. The van der Waals surface area contributed by atoms with Crippen molar-refractivity contribution < 1.29 is 5.11 Å². The molecule has 0 amide bonds. The van der Waals surface area contributed by atoms with Gasteiger partial charge in [0.25, 0.3) is 0 Å². The molecule has 0 saturated carbocycles. The van der Waals surface area contributed by atoms with E-state index >= 15 is 0 Å². The lowest BCUT2D eigenvalue weighted by atomic mass is 11.3. The van der Waals surface area contributed by atoms with Gasteiger partial charge < -0.3 is 10.8 Å². The molecule has 0 spiro atoms. The van der Waals surface area contributed by atoms with Crippen LogP contribution >= 0.6 is 11.6 Å². The first-order valence-corrected chi connectivity index (χ1v) is 2.02. The summed E-state index contributed by atoms with van der Waals surface area (Å²) in [6.45, 7) is 3.13. The van der Waals surface area contributed by atoms with Crippen molar-refractivity contribution in [3.8, 4) is 6.19 Å². The Morgan fingerprint density at radius 3 is 1.88 bits per heavy atom. The fourth-order valence-corrected chi connectivity index (χ4v) is 0. The van der Waals surface area contributed by atoms with Crippen molar-refractivity contribution in [2.75, 3.05) is 7.11 Å². The summed E-state index contributed by atoms with van der Waals surface area (Å²) in [6.07, 6.45) is 1.25. The number of nitrogens with zero attached hydrogens (tertiary/aromatic N) is 1. The van der Waals surface area contributed by atoms with Crippen LogP contribution < -0.4 is 5.73 Å². The summed E-state index contributed by atoms with van der Waals surface area (Å²) in [6, 6.07) is 0. The van der Waals surface area contributed by atoms with Crippen LogP contribution in [0.4, 0.5) is 0 Å². The number of hydrogen-bond donors (Lipinski definition) is 2. The Morgan fingerprint density at radius 1 is 1.88 bits per heavy atom. The molecule has 0 saturated heterocycles. The number of nitriles is 1. The second-order valence-electron chi connectivity index (χ2n) is 0.283. The molecule has 0 bridgehead atoms. The Hall–Kier alpha value is -0.720. The summed E-state index contributed by atoms with van der Waals surface area (Å²) in [5.74, 6) is 0. The highest BCUT2D eigenvalue weighted by Crippen LogP contribution is 1.60. The molecule has 3 N–H and O–H groups in total. The predicted molar refractivity (Wildman–Crippen MR) is 34.0 cm³/mol. The molecule has 0 radical (unpaired) electrons. The summed E-state index contributed by atoms with van der Waals surface area (Å²) >= 11 is 4.76. The van der Waals surface area contributed by atoms with E-state index < -0.39 is 0 Å². The van der Waals surface area contributed by atoms with Crippen molar-refractivity contribution in [2.24, 2.45) is 5.73 Å². The van der Waals surface area contributed by atoms with Gasteiger partial charge in [0.2, 0.25) is 0 Å². The molecule has 0 fully saturated rings.